The van der Waals surface area contributed by atoms with Crippen LogP contribution in [-0.2, 0) is 15.9 Å². The third kappa shape index (κ3) is 5.19. The van der Waals surface area contributed by atoms with E-state index in [1.807, 2.05) is 6.07 Å². The molecule has 0 amide bonds. The third-order valence-corrected chi connectivity index (χ3v) is 4.33. The molecule has 0 saturated carbocycles. The van der Waals surface area contributed by atoms with Gasteiger partial charge in [0, 0.05) is 22.7 Å². The highest BCUT2D eigenvalue weighted by Crippen LogP contribution is 2.33. The van der Waals surface area contributed by atoms with Crippen molar-refractivity contribution in [1.82, 2.24) is 5.01 Å². The first-order valence-electron chi connectivity index (χ1n) is 7.89. The Morgan fingerprint density at radius 2 is 2.29 bits per heavy atom. The Bertz CT molecular complexity index is 597. The third-order valence-electron chi connectivity index (χ3n) is 3.74. The first-order chi connectivity index (χ1) is 11.5. The molecule has 0 aliphatic carbocycles. The molecule has 1 heterocycles. The quantitative estimate of drug-likeness (QED) is 0.326. The molecule has 7 heteroatoms. The van der Waals surface area contributed by atoms with Crippen LogP contribution >= 0.6 is 23.2 Å². The number of halogens is 2. The van der Waals surface area contributed by atoms with Crippen molar-refractivity contribution in [3.8, 4) is 0 Å². The van der Waals surface area contributed by atoms with Gasteiger partial charge in [-0.2, -0.15) is 0 Å². The van der Waals surface area contributed by atoms with Gasteiger partial charge in [0.15, 0.2) is 5.79 Å². The number of hydrazine groups is 1. The second kappa shape index (κ2) is 8.83. The number of benzene rings is 1. The summed E-state index contributed by atoms with van der Waals surface area (Å²) in [5, 5.41) is 2.60. The summed E-state index contributed by atoms with van der Waals surface area (Å²) in [7, 11) is 0. The molecule has 0 aromatic heterocycles. The normalized spacial score (nSPS) is 23.8. The standard InChI is InChI=1S/C17H23Cl2N3O2/c1-3-5-15-10-23-17(24-15,11-22(20)12-21-4-2)9-13-6-7-14(18)8-16(13)19/h4,6-8,12,15H,2-3,5,9-11,20H2,1H3. The molecule has 1 aromatic rings. The Labute approximate surface area is 153 Å². The van der Waals surface area contributed by atoms with Crippen LogP contribution in [0.15, 0.2) is 36.0 Å². The predicted octanol–water partition coefficient (Wildman–Crippen LogP) is 3.80. The lowest BCUT2D eigenvalue weighted by molar-refractivity contribution is -0.174. The van der Waals surface area contributed by atoms with Gasteiger partial charge in [-0.05, 0) is 24.1 Å². The molecule has 0 bridgehead atoms. The minimum absolute atomic E-state index is 0.0471. The van der Waals surface area contributed by atoms with E-state index in [9.17, 15) is 0 Å². The van der Waals surface area contributed by atoms with E-state index in [2.05, 4.69) is 18.5 Å². The van der Waals surface area contributed by atoms with Crippen LogP contribution in [0, 0.1) is 0 Å². The van der Waals surface area contributed by atoms with E-state index in [-0.39, 0.29) is 6.10 Å². The molecule has 24 heavy (non-hydrogen) atoms. The van der Waals surface area contributed by atoms with Crippen molar-refractivity contribution in [3.63, 3.8) is 0 Å². The zero-order chi connectivity index (χ0) is 17.6. The number of ether oxygens (including phenoxy) is 2. The zero-order valence-corrected chi connectivity index (χ0v) is 15.3. The van der Waals surface area contributed by atoms with Gasteiger partial charge in [-0.15, -0.1) is 0 Å². The Balaban J connectivity index is 2.19. The summed E-state index contributed by atoms with van der Waals surface area (Å²) in [6.45, 7) is 6.51. The summed E-state index contributed by atoms with van der Waals surface area (Å²) in [6, 6.07) is 5.39. The first-order valence-corrected chi connectivity index (χ1v) is 8.65. The van der Waals surface area contributed by atoms with E-state index < -0.39 is 5.79 Å². The fourth-order valence-electron chi connectivity index (χ4n) is 2.72. The van der Waals surface area contributed by atoms with Gasteiger partial charge in [-0.1, -0.05) is 49.2 Å². The van der Waals surface area contributed by atoms with Crippen LogP contribution in [0.4, 0.5) is 0 Å². The van der Waals surface area contributed by atoms with Crippen LogP contribution in [-0.4, -0.2) is 36.4 Å². The molecule has 1 fully saturated rings. The van der Waals surface area contributed by atoms with E-state index in [1.54, 1.807) is 12.1 Å². The van der Waals surface area contributed by atoms with Gasteiger partial charge >= 0.3 is 0 Å². The molecule has 1 aliphatic rings. The number of nitrogens with zero attached hydrogens (tertiary/aromatic N) is 2. The predicted molar refractivity (Wildman–Crippen MR) is 98.2 cm³/mol. The van der Waals surface area contributed by atoms with E-state index in [0.29, 0.717) is 29.6 Å². The maximum absolute atomic E-state index is 6.31. The lowest BCUT2D eigenvalue weighted by atomic mass is 10.0. The van der Waals surface area contributed by atoms with Crippen molar-refractivity contribution in [2.45, 2.75) is 38.1 Å². The van der Waals surface area contributed by atoms with Crippen LogP contribution in [0.3, 0.4) is 0 Å². The molecule has 2 N–H and O–H groups in total. The Hall–Kier alpha value is -1.11. The van der Waals surface area contributed by atoms with Crippen molar-refractivity contribution < 1.29 is 9.47 Å². The average molecular weight is 372 g/mol. The lowest BCUT2D eigenvalue weighted by Gasteiger charge is -2.31. The molecule has 1 aromatic carbocycles. The number of hydrogen-bond acceptors (Lipinski definition) is 4. The van der Waals surface area contributed by atoms with Crippen molar-refractivity contribution in [2.24, 2.45) is 10.8 Å². The summed E-state index contributed by atoms with van der Waals surface area (Å²) in [6.07, 6.45) is 5.37. The fraction of sp³-hybridized carbons (Fsp3) is 0.471. The summed E-state index contributed by atoms with van der Waals surface area (Å²) < 4.78 is 12.2. The molecular formula is C17H23Cl2N3O2. The molecule has 2 rings (SSSR count). The Morgan fingerprint density at radius 1 is 1.50 bits per heavy atom. The highest BCUT2D eigenvalue weighted by Gasteiger charge is 2.42. The van der Waals surface area contributed by atoms with E-state index in [0.717, 1.165) is 18.4 Å². The van der Waals surface area contributed by atoms with Crippen LogP contribution in [0.2, 0.25) is 10.0 Å². The van der Waals surface area contributed by atoms with Crippen molar-refractivity contribution in [3.05, 3.63) is 46.6 Å². The molecule has 0 spiro atoms. The molecule has 1 saturated heterocycles. The fourth-order valence-corrected chi connectivity index (χ4v) is 3.19. The summed E-state index contributed by atoms with van der Waals surface area (Å²) in [5.41, 5.74) is 0.896. The van der Waals surface area contributed by atoms with Gasteiger partial charge in [0.1, 0.15) is 6.34 Å². The second-order valence-corrected chi connectivity index (χ2v) is 6.63. The molecular weight excluding hydrogens is 349 g/mol. The SMILES string of the molecule is C=CN=CN(N)CC1(Cc2ccc(Cl)cc2Cl)OCC(CCC)O1. The summed E-state index contributed by atoms with van der Waals surface area (Å²) in [5.74, 6) is 5.11. The van der Waals surface area contributed by atoms with Gasteiger partial charge in [-0.3, -0.25) is 5.01 Å². The van der Waals surface area contributed by atoms with Gasteiger partial charge in [0.25, 0.3) is 0 Å². The lowest BCUT2D eigenvalue weighted by Crippen LogP contribution is -2.48. The smallest absolute Gasteiger partial charge is 0.192 e. The zero-order valence-electron chi connectivity index (χ0n) is 13.8. The van der Waals surface area contributed by atoms with Crippen molar-refractivity contribution in [2.75, 3.05) is 13.2 Å². The average Bonchev–Trinajstić information content (AvgIpc) is 2.91. The molecule has 132 valence electrons. The Kier molecular flexibility index (Phi) is 7.07. The second-order valence-electron chi connectivity index (χ2n) is 5.78. The molecule has 2 atom stereocenters. The maximum Gasteiger partial charge on any atom is 0.192 e. The summed E-state index contributed by atoms with van der Waals surface area (Å²) >= 11 is 12.3. The van der Waals surface area contributed by atoms with Gasteiger partial charge in [0.2, 0.25) is 0 Å². The molecule has 0 radical (unpaired) electrons. The highest BCUT2D eigenvalue weighted by molar-refractivity contribution is 6.35. The first kappa shape index (κ1) is 19.2. The maximum atomic E-state index is 6.31. The summed E-state index contributed by atoms with van der Waals surface area (Å²) in [4.78, 5) is 3.92. The van der Waals surface area contributed by atoms with E-state index >= 15 is 0 Å². The number of rotatable bonds is 8. The van der Waals surface area contributed by atoms with Gasteiger partial charge < -0.3 is 9.47 Å². The van der Waals surface area contributed by atoms with Gasteiger partial charge in [0.05, 0.1) is 19.3 Å². The largest absolute Gasteiger partial charge is 0.345 e. The number of aliphatic imine (C=N–C) groups is 1. The minimum Gasteiger partial charge on any atom is -0.345 e. The van der Waals surface area contributed by atoms with E-state index in [4.69, 9.17) is 38.5 Å². The number of hydrogen-bond donors (Lipinski definition) is 1. The van der Waals surface area contributed by atoms with Gasteiger partial charge in [-0.25, -0.2) is 10.8 Å². The number of nitrogens with two attached hydrogens (primary N) is 1. The van der Waals surface area contributed by atoms with Crippen molar-refractivity contribution >= 4 is 29.5 Å². The van der Waals surface area contributed by atoms with E-state index in [1.165, 1.54) is 17.5 Å². The monoisotopic (exact) mass is 371 g/mol. The van der Waals surface area contributed by atoms with Crippen LogP contribution in [0.1, 0.15) is 25.3 Å². The Morgan fingerprint density at radius 3 is 2.96 bits per heavy atom. The highest BCUT2D eigenvalue weighted by atomic mass is 35.5. The van der Waals surface area contributed by atoms with Crippen LogP contribution < -0.4 is 5.84 Å². The molecule has 2 unspecified atom stereocenters. The minimum atomic E-state index is -0.876. The van der Waals surface area contributed by atoms with Crippen LogP contribution in [0.5, 0.6) is 0 Å². The van der Waals surface area contributed by atoms with Crippen LogP contribution in [0.25, 0.3) is 0 Å². The van der Waals surface area contributed by atoms with Crippen molar-refractivity contribution in [1.29, 1.82) is 0 Å². The molecule has 1 aliphatic heterocycles. The molecule has 5 nitrogen and oxygen atoms in total. The topological polar surface area (TPSA) is 60.1 Å².